The van der Waals surface area contributed by atoms with Crippen molar-refractivity contribution in [2.24, 2.45) is 0 Å². The quantitative estimate of drug-likeness (QED) is 0.633. The van der Waals surface area contributed by atoms with Crippen LogP contribution >= 0.6 is 0 Å². The molecule has 1 rings (SSSR count). The minimum atomic E-state index is 0.538. The van der Waals surface area contributed by atoms with E-state index in [2.05, 4.69) is 18.3 Å². The first-order valence-electron chi connectivity index (χ1n) is 7.40. The molecule has 0 aromatic heterocycles. The fraction of sp³-hybridized carbons (Fsp3) is 0.625. The van der Waals surface area contributed by atoms with E-state index in [4.69, 9.17) is 14.2 Å². The number of nitrogens with one attached hydrogen (secondary N) is 1. The van der Waals surface area contributed by atoms with Gasteiger partial charge in [-0.2, -0.15) is 0 Å². The summed E-state index contributed by atoms with van der Waals surface area (Å²) in [7, 11) is 1.67. The lowest BCUT2D eigenvalue weighted by Gasteiger charge is -2.15. The Kier molecular flexibility index (Phi) is 8.83. The highest BCUT2D eigenvalue weighted by Crippen LogP contribution is 2.31. The van der Waals surface area contributed by atoms with Crippen molar-refractivity contribution < 1.29 is 14.2 Å². The van der Waals surface area contributed by atoms with Crippen LogP contribution < -0.4 is 14.8 Å². The van der Waals surface area contributed by atoms with E-state index in [1.54, 1.807) is 7.11 Å². The van der Waals surface area contributed by atoms with E-state index in [1.165, 1.54) is 12.8 Å². The largest absolute Gasteiger partial charge is 0.493 e. The molecule has 0 unspecified atom stereocenters. The van der Waals surface area contributed by atoms with E-state index in [1.807, 2.05) is 19.1 Å². The van der Waals surface area contributed by atoms with Crippen LogP contribution in [0.4, 0.5) is 0 Å². The number of rotatable bonds is 11. The van der Waals surface area contributed by atoms with Crippen molar-refractivity contribution >= 4 is 0 Å². The number of para-hydroxylation sites is 1. The van der Waals surface area contributed by atoms with E-state index < -0.39 is 0 Å². The molecule has 0 aliphatic carbocycles. The second-order valence-electron chi connectivity index (χ2n) is 4.52. The van der Waals surface area contributed by atoms with Crippen molar-refractivity contribution in [1.29, 1.82) is 0 Å². The zero-order valence-corrected chi connectivity index (χ0v) is 12.9. The summed E-state index contributed by atoms with van der Waals surface area (Å²) in [6.07, 6.45) is 2.38. The molecule has 0 fully saturated rings. The standard InChI is InChI=1S/C16H27NO3/c1-4-6-10-17-13-14-8-7-9-15(18-3)16(14)20-12-11-19-5-2/h7-9,17H,4-6,10-13H2,1-3H3. The van der Waals surface area contributed by atoms with Gasteiger partial charge in [-0.05, 0) is 26.0 Å². The Labute approximate surface area is 122 Å². The molecule has 0 amide bonds. The third-order valence-corrected chi connectivity index (χ3v) is 2.98. The highest BCUT2D eigenvalue weighted by molar-refractivity contribution is 5.46. The molecule has 0 saturated heterocycles. The van der Waals surface area contributed by atoms with Crippen LogP contribution in [0.1, 0.15) is 32.3 Å². The predicted octanol–water partition coefficient (Wildman–Crippen LogP) is 3.00. The maximum atomic E-state index is 5.83. The summed E-state index contributed by atoms with van der Waals surface area (Å²) >= 11 is 0. The van der Waals surface area contributed by atoms with Gasteiger partial charge in [0.05, 0.1) is 13.7 Å². The Bertz CT molecular complexity index is 369. The first-order valence-corrected chi connectivity index (χ1v) is 7.40. The predicted molar refractivity (Wildman–Crippen MR) is 81.6 cm³/mol. The van der Waals surface area contributed by atoms with Crippen molar-refractivity contribution in [2.45, 2.75) is 33.2 Å². The van der Waals surface area contributed by atoms with Gasteiger partial charge in [0, 0.05) is 18.7 Å². The van der Waals surface area contributed by atoms with Crippen LogP contribution in [0.25, 0.3) is 0 Å². The van der Waals surface area contributed by atoms with Gasteiger partial charge in [0.2, 0.25) is 0 Å². The van der Waals surface area contributed by atoms with Crippen molar-refractivity contribution in [3.8, 4) is 11.5 Å². The monoisotopic (exact) mass is 281 g/mol. The van der Waals surface area contributed by atoms with Crippen LogP contribution in [0.2, 0.25) is 0 Å². The van der Waals surface area contributed by atoms with Gasteiger partial charge in [0.1, 0.15) is 6.61 Å². The molecule has 1 N–H and O–H groups in total. The van der Waals surface area contributed by atoms with Crippen molar-refractivity contribution in [3.05, 3.63) is 23.8 Å². The highest BCUT2D eigenvalue weighted by atomic mass is 16.5. The van der Waals surface area contributed by atoms with Gasteiger partial charge in [-0.1, -0.05) is 25.5 Å². The molecule has 0 radical (unpaired) electrons. The van der Waals surface area contributed by atoms with Crippen LogP contribution in [0, 0.1) is 0 Å². The Morgan fingerprint density at radius 3 is 2.70 bits per heavy atom. The summed E-state index contributed by atoms with van der Waals surface area (Å²) < 4.78 is 16.5. The van der Waals surface area contributed by atoms with Crippen molar-refractivity contribution in [2.75, 3.05) is 33.5 Å². The van der Waals surface area contributed by atoms with Gasteiger partial charge in [-0.25, -0.2) is 0 Å². The van der Waals surface area contributed by atoms with Crippen LogP contribution in [0.3, 0.4) is 0 Å². The van der Waals surface area contributed by atoms with Crippen LogP contribution in [0.15, 0.2) is 18.2 Å². The molecule has 0 atom stereocenters. The fourth-order valence-electron chi connectivity index (χ4n) is 1.90. The zero-order valence-electron chi connectivity index (χ0n) is 12.9. The number of unbranched alkanes of at least 4 members (excludes halogenated alkanes) is 1. The maximum Gasteiger partial charge on any atom is 0.165 e. The van der Waals surface area contributed by atoms with E-state index >= 15 is 0 Å². The van der Waals surface area contributed by atoms with Gasteiger partial charge in [0.15, 0.2) is 11.5 Å². The normalized spacial score (nSPS) is 10.6. The molecule has 0 heterocycles. The summed E-state index contributed by atoms with van der Waals surface area (Å²) in [5, 5.41) is 3.43. The molecule has 0 aliphatic rings. The van der Waals surface area contributed by atoms with Gasteiger partial charge in [-0.3, -0.25) is 0 Å². The van der Waals surface area contributed by atoms with Crippen molar-refractivity contribution in [1.82, 2.24) is 5.32 Å². The second kappa shape index (κ2) is 10.5. The van der Waals surface area contributed by atoms with E-state index in [0.29, 0.717) is 19.8 Å². The smallest absolute Gasteiger partial charge is 0.165 e. The first-order chi connectivity index (χ1) is 9.83. The number of ether oxygens (including phenoxy) is 3. The molecule has 1 aromatic carbocycles. The lowest BCUT2D eigenvalue weighted by atomic mass is 10.2. The number of hydrogen-bond donors (Lipinski definition) is 1. The van der Waals surface area contributed by atoms with Crippen LogP contribution in [-0.4, -0.2) is 33.5 Å². The molecule has 114 valence electrons. The summed E-state index contributed by atoms with van der Waals surface area (Å²) in [4.78, 5) is 0. The molecule has 0 spiro atoms. The molecule has 4 nitrogen and oxygen atoms in total. The molecule has 0 saturated carbocycles. The van der Waals surface area contributed by atoms with E-state index in [9.17, 15) is 0 Å². The fourth-order valence-corrected chi connectivity index (χ4v) is 1.90. The summed E-state index contributed by atoms with van der Waals surface area (Å²) in [5.74, 6) is 1.59. The summed E-state index contributed by atoms with van der Waals surface area (Å²) in [6.45, 7) is 7.82. The summed E-state index contributed by atoms with van der Waals surface area (Å²) in [5.41, 5.74) is 1.12. The molecule has 1 aromatic rings. The van der Waals surface area contributed by atoms with Crippen LogP contribution in [0.5, 0.6) is 11.5 Å². The van der Waals surface area contributed by atoms with E-state index in [0.717, 1.165) is 30.2 Å². The minimum Gasteiger partial charge on any atom is -0.493 e. The van der Waals surface area contributed by atoms with Gasteiger partial charge >= 0.3 is 0 Å². The topological polar surface area (TPSA) is 39.7 Å². The number of benzene rings is 1. The summed E-state index contributed by atoms with van der Waals surface area (Å²) in [6, 6.07) is 5.98. The molecular formula is C16H27NO3. The second-order valence-corrected chi connectivity index (χ2v) is 4.52. The Balaban J connectivity index is 2.61. The minimum absolute atomic E-state index is 0.538. The lowest BCUT2D eigenvalue weighted by Crippen LogP contribution is -2.16. The average molecular weight is 281 g/mol. The third kappa shape index (κ3) is 5.80. The third-order valence-electron chi connectivity index (χ3n) is 2.98. The molecular weight excluding hydrogens is 254 g/mol. The first kappa shape index (κ1) is 16.8. The van der Waals surface area contributed by atoms with Gasteiger partial charge in [0.25, 0.3) is 0 Å². The van der Waals surface area contributed by atoms with Gasteiger partial charge in [-0.15, -0.1) is 0 Å². The maximum absolute atomic E-state index is 5.83. The molecule has 20 heavy (non-hydrogen) atoms. The molecule has 0 bridgehead atoms. The van der Waals surface area contributed by atoms with Crippen molar-refractivity contribution in [3.63, 3.8) is 0 Å². The van der Waals surface area contributed by atoms with Crippen LogP contribution in [-0.2, 0) is 11.3 Å². The Hall–Kier alpha value is -1.26. The number of methoxy groups -OCH3 is 1. The zero-order chi connectivity index (χ0) is 14.6. The highest BCUT2D eigenvalue weighted by Gasteiger charge is 2.10. The molecule has 4 heteroatoms. The van der Waals surface area contributed by atoms with Gasteiger partial charge < -0.3 is 19.5 Å². The average Bonchev–Trinajstić information content (AvgIpc) is 2.48. The Morgan fingerprint density at radius 2 is 2.00 bits per heavy atom. The van der Waals surface area contributed by atoms with E-state index in [-0.39, 0.29) is 0 Å². The lowest BCUT2D eigenvalue weighted by molar-refractivity contribution is 0.108. The SMILES string of the molecule is CCCCNCc1cccc(OC)c1OCCOCC. The number of hydrogen-bond acceptors (Lipinski definition) is 4. The Morgan fingerprint density at radius 1 is 1.15 bits per heavy atom. The molecule has 0 aliphatic heterocycles.